The van der Waals surface area contributed by atoms with E-state index in [1.54, 1.807) is 4.90 Å². The van der Waals surface area contributed by atoms with E-state index in [9.17, 15) is 13.2 Å². The van der Waals surface area contributed by atoms with E-state index in [0.717, 1.165) is 6.42 Å². The van der Waals surface area contributed by atoms with Gasteiger partial charge in [0.15, 0.2) is 0 Å². The van der Waals surface area contributed by atoms with Crippen molar-refractivity contribution in [1.82, 2.24) is 14.6 Å². The number of hydrogen-bond donors (Lipinski definition) is 2. The number of H-pyrrole nitrogens is 1. The lowest BCUT2D eigenvalue weighted by molar-refractivity contribution is 0.0744. The second kappa shape index (κ2) is 5.93. The number of rotatable bonds is 4. The van der Waals surface area contributed by atoms with Crippen LogP contribution < -0.4 is 4.72 Å². The molecule has 1 amide bonds. The lowest BCUT2D eigenvalue weighted by Crippen LogP contribution is -2.41. The molecule has 1 saturated heterocycles. The van der Waals surface area contributed by atoms with Gasteiger partial charge in [0.05, 0.1) is 10.8 Å². The minimum atomic E-state index is -3.36. The fourth-order valence-electron chi connectivity index (χ4n) is 2.29. The van der Waals surface area contributed by atoms with Crippen molar-refractivity contribution in [3.05, 3.63) is 21.9 Å². The maximum Gasteiger partial charge on any atom is 0.270 e. The van der Waals surface area contributed by atoms with E-state index in [1.807, 2.05) is 0 Å². The molecule has 112 valence electrons. The van der Waals surface area contributed by atoms with Gasteiger partial charge in [0.1, 0.15) is 10.8 Å². The van der Waals surface area contributed by atoms with Crippen LogP contribution in [0.4, 0.5) is 0 Å². The van der Waals surface area contributed by atoms with Gasteiger partial charge in [0.25, 0.3) is 5.91 Å². The Morgan fingerprint density at radius 3 is 2.80 bits per heavy atom. The Labute approximate surface area is 127 Å². The number of carbonyl (C=O) groups excluding carboxylic acids is 1. The predicted molar refractivity (Wildman–Crippen MR) is 77.7 cm³/mol. The van der Waals surface area contributed by atoms with Crippen LogP contribution in [0, 0.1) is 0 Å². The zero-order chi connectivity index (χ0) is 14.9. The topological polar surface area (TPSA) is 82.3 Å². The van der Waals surface area contributed by atoms with Crippen molar-refractivity contribution in [3.8, 4) is 0 Å². The van der Waals surface area contributed by atoms with Crippen LogP contribution in [0.25, 0.3) is 0 Å². The van der Waals surface area contributed by atoms with E-state index in [4.69, 9.17) is 23.2 Å². The van der Waals surface area contributed by atoms with Crippen molar-refractivity contribution < 1.29 is 13.2 Å². The second-order valence-electron chi connectivity index (χ2n) is 4.63. The Kier molecular flexibility index (Phi) is 4.63. The Morgan fingerprint density at radius 2 is 2.25 bits per heavy atom. The summed E-state index contributed by atoms with van der Waals surface area (Å²) in [6, 6.07) is 1.12. The number of nitrogens with one attached hydrogen (secondary N) is 2. The summed E-state index contributed by atoms with van der Waals surface area (Å²) in [5, 5.41) is 0.474. The molecule has 0 aliphatic carbocycles. The van der Waals surface area contributed by atoms with Crippen molar-refractivity contribution in [3.63, 3.8) is 0 Å². The molecule has 1 atom stereocenters. The zero-order valence-corrected chi connectivity index (χ0v) is 13.1. The highest BCUT2D eigenvalue weighted by Gasteiger charge is 2.33. The quantitative estimate of drug-likeness (QED) is 0.871. The molecule has 2 N–H and O–H groups in total. The molecule has 0 aromatic carbocycles. The van der Waals surface area contributed by atoms with Gasteiger partial charge < -0.3 is 9.88 Å². The predicted octanol–water partition coefficient (Wildman–Crippen LogP) is 1.48. The highest BCUT2D eigenvalue weighted by molar-refractivity contribution is 7.89. The van der Waals surface area contributed by atoms with Gasteiger partial charge in [0.2, 0.25) is 10.0 Å². The van der Waals surface area contributed by atoms with Gasteiger partial charge in [-0.2, -0.15) is 0 Å². The molecule has 0 radical (unpaired) electrons. The van der Waals surface area contributed by atoms with E-state index in [2.05, 4.69) is 9.71 Å². The summed E-state index contributed by atoms with van der Waals surface area (Å²) < 4.78 is 25.5. The average molecular weight is 340 g/mol. The summed E-state index contributed by atoms with van der Waals surface area (Å²) >= 11 is 11.6. The molecule has 1 aromatic heterocycles. The highest BCUT2D eigenvalue weighted by Crippen LogP contribution is 2.25. The minimum absolute atomic E-state index is 0.0998. The number of halogens is 2. The maximum absolute atomic E-state index is 12.4. The molecule has 2 heterocycles. The van der Waals surface area contributed by atoms with Crippen LogP contribution in [0.5, 0.6) is 0 Å². The zero-order valence-electron chi connectivity index (χ0n) is 10.8. The fraction of sp³-hybridized carbons (Fsp3) is 0.545. The molecule has 0 bridgehead atoms. The molecule has 1 aliphatic heterocycles. The molecule has 1 aromatic rings. The highest BCUT2D eigenvalue weighted by atomic mass is 35.5. The molecule has 2 rings (SSSR count). The Balaban J connectivity index is 2.16. The van der Waals surface area contributed by atoms with Gasteiger partial charge in [-0.15, -0.1) is 0 Å². The van der Waals surface area contributed by atoms with Crippen molar-refractivity contribution in [2.75, 3.05) is 19.3 Å². The number of carbonyl (C=O) groups is 1. The first-order valence-electron chi connectivity index (χ1n) is 6.10. The molecular formula is C11H15Cl2N3O3S. The average Bonchev–Trinajstić information content (AvgIpc) is 2.96. The minimum Gasteiger partial charge on any atom is -0.340 e. The largest absolute Gasteiger partial charge is 0.340 e. The summed E-state index contributed by atoms with van der Waals surface area (Å²) in [5.74, 6) is -0.384. The number of nitrogens with zero attached hydrogens (tertiary/aromatic N) is 1. The lowest BCUT2D eigenvalue weighted by atomic mass is 10.2. The Bertz CT molecular complexity index is 595. The van der Waals surface area contributed by atoms with Gasteiger partial charge in [-0.25, -0.2) is 13.1 Å². The van der Waals surface area contributed by atoms with Crippen molar-refractivity contribution in [2.24, 2.45) is 0 Å². The van der Waals surface area contributed by atoms with Crippen LogP contribution >= 0.6 is 23.2 Å². The number of aromatic amines is 1. The van der Waals surface area contributed by atoms with E-state index in [1.165, 1.54) is 13.1 Å². The third-order valence-corrected chi connectivity index (χ3v) is 5.45. The molecular weight excluding hydrogens is 325 g/mol. The molecule has 20 heavy (non-hydrogen) atoms. The Hall–Kier alpha value is -0.760. The first-order valence-corrected chi connectivity index (χ1v) is 8.51. The van der Waals surface area contributed by atoms with Crippen molar-refractivity contribution in [2.45, 2.75) is 18.9 Å². The summed E-state index contributed by atoms with van der Waals surface area (Å²) in [5.41, 5.74) is 0.272. The number of likely N-dealkylation sites (tertiary alicyclic amines) is 1. The first-order chi connectivity index (χ1) is 9.34. The first kappa shape index (κ1) is 15.6. The van der Waals surface area contributed by atoms with Crippen LogP contribution in [0.15, 0.2) is 6.07 Å². The van der Waals surface area contributed by atoms with Gasteiger partial charge in [-0.05, 0) is 26.0 Å². The van der Waals surface area contributed by atoms with E-state index in [-0.39, 0.29) is 33.6 Å². The SMILES string of the molecule is CNS(=O)(=O)C[C@H]1CCCN1C(=O)c1cc(Cl)c(Cl)[nH]1. The van der Waals surface area contributed by atoms with Crippen LogP contribution in [-0.4, -0.2) is 49.6 Å². The monoisotopic (exact) mass is 339 g/mol. The smallest absolute Gasteiger partial charge is 0.270 e. The summed E-state index contributed by atoms with van der Waals surface area (Å²) in [7, 11) is -2.00. The summed E-state index contributed by atoms with van der Waals surface area (Å²) in [6.45, 7) is 0.525. The number of amides is 1. The lowest BCUT2D eigenvalue weighted by Gasteiger charge is -2.23. The van der Waals surface area contributed by atoms with E-state index in [0.29, 0.717) is 13.0 Å². The summed E-state index contributed by atoms with van der Waals surface area (Å²) in [6.07, 6.45) is 1.44. The van der Waals surface area contributed by atoms with Crippen molar-refractivity contribution >= 4 is 39.1 Å². The number of hydrogen-bond acceptors (Lipinski definition) is 3. The standard InChI is InChI=1S/C11H15Cl2N3O3S/c1-14-20(18,19)6-7-3-2-4-16(7)11(17)9-5-8(12)10(13)15-9/h5,7,14-15H,2-4,6H2,1H3/t7-/m1/s1. The molecule has 0 unspecified atom stereocenters. The fourth-order valence-corrected chi connectivity index (χ4v) is 3.62. The van der Waals surface area contributed by atoms with Gasteiger partial charge in [-0.3, -0.25) is 4.79 Å². The normalized spacial score (nSPS) is 19.6. The van der Waals surface area contributed by atoms with Crippen LogP contribution in [0.3, 0.4) is 0 Å². The van der Waals surface area contributed by atoms with Gasteiger partial charge >= 0.3 is 0 Å². The summed E-state index contributed by atoms with van der Waals surface area (Å²) in [4.78, 5) is 16.6. The molecule has 1 aliphatic rings. The van der Waals surface area contributed by atoms with Gasteiger partial charge in [0, 0.05) is 12.6 Å². The molecule has 6 nitrogen and oxygen atoms in total. The third kappa shape index (κ3) is 3.28. The van der Waals surface area contributed by atoms with Crippen LogP contribution in [-0.2, 0) is 10.0 Å². The van der Waals surface area contributed by atoms with Crippen molar-refractivity contribution in [1.29, 1.82) is 0 Å². The molecule has 1 fully saturated rings. The molecule has 9 heteroatoms. The van der Waals surface area contributed by atoms with Crippen LogP contribution in [0.1, 0.15) is 23.3 Å². The maximum atomic E-state index is 12.4. The third-order valence-electron chi connectivity index (χ3n) is 3.32. The van der Waals surface area contributed by atoms with E-state index < -0.39 is 10.0 Å². The van der Waals surface area contributed by atoms with Gasteiger partial charge in [-0.1, -0.05) is 23.2 Å². The second-order valence-corrected chi connectivity index (χ2v) is 7.38. The van der Waals surface area contributed by atoms with Crippen LogP contribution in [0.2, 0.25) is 10.2 Å². The molecule has 0 spiro atoms. The number of aromatic nitrogens is 1. The number of sulfonamides is 1. The Morgan fingerprint density at radius 1 is 1.55 bits per heavy atom. The van der Waals surface area contributed by atoms with E-state index >= 15 is 0 Å². The molecule has 0 saturated carbocycles.